The van der Waals surface area contributed by atoms with Crippen LogP contribution in [0.15, 0.2) is 191 Å². The molecule has 0 radical (unpaired) electrons. The number of hydrogen-bond acceptors (Lipinski definition) is 5. The van der Waals surface area contributed by atoms with Crippen molar-refractivity contribution in [3.8, 4) is 39.9 Å². The maximum atomic E-state index is 6.90. The summed E-state index contributed by atoms with van der Waals surface area (Å²) in [4.78, 5) is 15.4. The van der Waals surface area contributed by atoms with Gasteiger partial charge in [0.1, 0.15) is 22.3 Å². The number of hydrogen-bond donors (Lipinski definition) is 0. The van der Waals surface area contributed by atoms with Crippen molar-refractivity contribution < 1.29 is 8.83 Å². The standard InChI is InChI=1S/C53H30N4O2/c1-2-14-33(15-3-1)51-54-52(34-22-25-38-37-18-8-10-20-44(37)58-46(38)30-34)56-53(55-51)40-26-29-43(49-39-19-9-11-21-45(39)59-50(40)49)57-41-27-23-31-12-4-6-16-35(31)47(41)48-36-17-7-5-13-32(36)24-28-42(48)57/h1-30H. The Morgan fingerprint density at radius 1 is 0.356 bits per heavy atom. The van der Waals surface area contributed by atoms with E-state index >= 15 is 0 Å². The average molecular weight is 755 g/mol. The van der Waals surface area contributed by atoms with E-state index in [-0.39, 0.29) is 0 Å². The van der Waals surface area contributed by atoms with Gasteiger partial charge in [0, 0.05) is 38.1 Å². The SMILES string of the molecule is c1ccc(-c2nc(-c3ccc4c(c3)oc3ccccc34)nc(-c3ccc(-n4c5ccc6ccccc6c5c5c6ccccc6ccc54)c4c3oc3ccccc34)n2)cc1. The molecule has 274 valence electrons. The average Bonchev–Trinajstić information content (AvgIpc) is 3.99. The molecule has 0 aliphatic heterocycles. The fraction of sp³-hybridized carbons (Fsp3) is 0. The molecule has 59 heavy (non-hydrogen) atoms. The summed E-state index contributed by atoms with van der Waals surface area (Å²) in [6, 6.07) is 63.3. The molecule has 6 nitrogen and oxygen atoms in total. The molecule has 0 N–H and O–H groups in total. The fourth-order valence-electron chi connectivity index (χ4n) is 9.19. The van der Waals surface area contributed by atoms with E-state index in [1.165, 1.54) is 32.3 Å². The first-order valence-electron chi connectivity index (χ1n) is 19.8. The molecule has 0 aliphatic rings. The summed E-state index contributed by atoms with van der Waals surface area (Å²) >= 11 is 0. The second-order valence-corrected chi connectivity index (χ2v) is 15.1. The Bertz CT molecular complexity index is 3760. The van der Waals surface area contributed by atoms with Crippen molar-refractivity contribution in [2.75, 3.05) is 0 Å². The Morgan fingerprint density at radius 2 is 0.915 bits per heavy atom. The highest BCUT2D eigenvalue weighted by Gasteiger charge is 2.24. The van der Waals surface area contributed by atoms with Crippen LogP contribution in [0.5, 0.6) is 0 Å². The number of furan rings is 2. The van der Waals surface area contributed by atoms with Crippen molar-refractivity contribution >= 4 is 87.2 Å². The normalized spacial score (nSPS) is 12.1. The number of nitrogens with zero attached hydrogens (tertiary/aromatic N) is 4. The molecule has 0 spiro atoms. The van der Waals surface area contributed by atoms with Gasteiger partial charge in [-0.3, -0.25) is 0 Å². The molecule has 0 amide bonds. The number of para-hydroxylation sites is 2. The van der Waals surface area contributed by atoms with Crippen molar-refractivity contribution in [3.63, 3.8) is 0 Å². The summed E-state index contributed by atoms with van der Waals surface area (Å²) in [5, 5.41) is 11.5. The minimum Gasteiger partial charge on any atom is -0.456 e. The molecule has 9 aromatic carbocycles. The van der Waals surface area contributed by atoms with E-state index in [0.29, 0.717) is 23.1 Å². The van der Waals surface area contributed by atoms with Crippen LogP contribution in [-0.4, -0.2) is 19.5 Å². The minimum atomic E-state index is 0.522. The van der Waals surface area contributed by atoms with Gasteiger partial charge in [-0.05, 0) is 70.1 Å². The molecular formula is C53H30N4O2. The lowest BCUT2D eigenvalue weighted by atomic mass is 10.00. The molecule has 0 unspecified atom stereocenters. The lowest BCUT2D eigenvalue weighted by molar-refractivity contribution is 0.668. The number of fused-ring (bicyclic) bond motifs is 13. The van der Waals surface area contributed by atoms with Crippen molar-refractivity contribution in [2.24, 2.45) is 0 Å². The molecule has 0 saturated carbocycles. The largest absolute Gasteiger partial charge is 0.456 e. The maximum absolute atomic E-state index is 6.90. The van der Waals surface area contributed by atoms with Gasteiger partial charge in [-0.15, -0.1) is 0 Å². The van der Waals surface area contributed by atoms with Crippen LogP contribution in [0.2, 0.25) is 0 Å². The lowest BCUT2D eigenvalue weighted by Gasteiger charge is -2.13. The van der Waals surface area contributed by atoms with Gasteiger partial charge in [0.2, 0.25) is 0 Å². The van der Waals surface area contributed by atoms with Crippen molar-refractivity contribution in [2.45, 2.75) is 0 Å². The van der Waals surface area contributed by atoms with Crippen LogP contribution in [0.3, 0.4) is 0 Å². The number of benzene rings is 9. The van der Waals surface area contributed by atoms with Crippen LogP contribution in [0, 0.1) is 0 Å². The highest BCUT2D eigenvalue weighted by Crippen LogP contribution is 2.45. The van der Waals surface area contributed by atoms with Gasteiger partial charge in [0.25, 0.3) is 0 Å². The van der Waals surface area contributed by atoms with E-state index in [0.717, 1.165) is 71.7 Å². The predicted octanol–water partition coefficient (Wildman–Crippen LogP) is 14.1. The van der Waals surface area contributed by atoms with Crippen LogP contribution in [-0.2, 0) is 0 Å². The summed E-state index contributed by atoms with van der Waals surface area (Å²) in [6.45, 7) is 0. The Balaban J connectivity index is 1.10. The van der Waals surface area contributed by atoms with Gasteiger partial charge in [-0.2, -0.15) is 0 Å². The number of rotatable bonds is 4. The third kappa shape index (κ3) is 4.71. The van der Waals surface area contributed by atoms with Crippen LogP contribution >= 0.6 is 0 Å². The van der Waals surface area contributed by atoms with E-state index in [9.17, 15) is 0 Å². The van der Waals surface area contributed by atoms with Crippen LogP contribution in [0.1, 0.15) is 0 Å². The zero-order valence-electron chi connectivity index (χ0n) is 31.4. The predicted molar refractivity (Wildman–Crippen MR) is 240 cm³/mol. The minimum absolute atomic E-state index is 0.522. The van der Waals surface area contributed by atoms with Crippen LogP contribution in [0.4, 0.5) is 0 Å². The third-order valence-electron chi connectivity index (χ3n) is 11.8. The molecule has 13 aromatic rings. The quantitative estimate of drug-likeness (QED) is 0.179. The molecule has 4 heterocycles. The van der Waals surface area contributed by atoms with Crippen molar-refractivity contribution in [1.29, 1.82) is 0 Å². The van der Waals surface area contributed by atoms with E-state index < -0.39 is 0 Å². The smallest absolute Gasteiger partial charge is 0.167 e. The summed E-state index contributed by atoms with van der Waals surface area (Å²) in [5.41, 5.74) is 8.91. The van der Waals surface area contributed by atoms with Gasteiger partial charge in [-0.1, -0.05) is 133 Å². The first-order chi connectivity index (χ1) is 29.2. The summed E-state index contributed by atoms with van der Waals surface area (Å²) in [7, 11) is 0. The van der Waals surface area contributed by atoms with E-state index in [1.807, 2.05) is 66.7 Å². The Morgan fingerprint density at radius 3 is 1.63 bits per heavy atom. The second kappa shape index (κ2) is 12.2. The molecule has 0 saturated heterocycles. The van der Waals surface area contributed by atoms with Gasteiger partial charge in [0.05, 0.1) is 27.7 Å². The highest BCUT2D eigenvalue weighted by atomic mass is 16.3. The van der Waals surface area contributed by atoms with E-state index in [1.54, 1.807) is 0 Å². The zero-order chi connectivity index (χ0) is 38.6. The van der Waals surface area contributed by atoms with Crippen molar-refractivity contribution in [3.05, 3.63) is 182 Å². The summed E-state index contributed by atoms with van der Waals surface area (Å²) in [6.07, 6.45) is 0. The fourth-order valence-corrected chi connectivity index (χ4v) is 9.19. The molecular weight excluding hydrogens is 725 g/mol. The van der Waals surface area contributed by atoms with Gasteiger partial charge < -0.3 is 13.4 Å². The summed E-state index contributed by atoms with van der Waals surface area (Å²) < 4.78 is 15.6. The zero-order valence-corrected chi connectivity index (χ0v) is 31.4. The molecule has 13 rings (SSSR count). The highest BCUT2D eigenvalue weighted by molar-refractivity contribution is 6.29. The Kier molecular flexibility index (Phi) is 6.63. The Labute approximate surface area is 336 Å². The second-order valence-electron chi connectivity index (χ2n) is 15.1. The first kappa shape index (κ1) is 32.0. The topological polar surface area (TPSA) is 69.9 Å². The van der Waals surface area contributed by atoms with Crippen molar-refractivity contribution in [1.82, 2.24) is 19.5 Å². The van der Waals surface area contributed by atoms with E-state index in [2.05, 4.69) is 120 Å². The van der Waals surface area contributed by atoms with E-state index in [4.69, 9.17) is 23.8 Å². The van der Waals surface area contributed by atoms with Gasteiger partial charge in [-0.25, -0.2) is 15.0 Å². The first-order valence-corrected chi connectivity index (χ1v) is 19.8. The molecule has 0 atom stereocenters. The monoisotopic (exact) mass is 754 g/mol. The molecule has 0 fully saturated rings. The molecule has 0 aliphatic carbocycles. The summed E-state index contributed by atoms with van der Waals surface area (Å²) in [5.74, 6) is 1.64. The lowest BCUT2D eigenvalue weighted by Crippen LogP contribution is -2.01. The van der Waals surface area contributed by atoms with Gasteiger partial charge in [0.15, 0.2) is 17.5 Å². The van der Waals surface area contributed by atoms with Crippen LogP contribution in [0.25, 0.3) is 127 Å². The maximum Gasteiger partial charge on any atom is 0.167 e. The van der Waals surface area contributed by atoms with Gasteiger partial charge >= 0.3 is 0 Å². The molecule has 4 aromatic heterocycles. The molecule has 0 bridgehead atoms. The number of aromatic nitrogens is 4. The molecule has 6 heteroatoms. The Hall–Kier alpha value is -8.09. The third-order valence-corrected chi connectivity index (χ3v) is 11.8. The van der Waals surface area contributed by atoms with Crippen LogP contribution < -0.4 is 0 Å².